The van der Waals surface area contributed by atoms with Crippen LogP contribution in [0.4, 0.5) is 0 Å². The second kappa shape index (κ2) is 38.5. The standard InChI is InChI=1S/C47H82O17P2/c1-2-3-4-5-6-7-8-9-13-16-19-22-25-28-31-34-40(49)60-37-39(38-61-66(58,59)64-47-44(53)42(51)43(52)46(45(47)54)63-65(55,56)57)62-41(50)35-32-29-26-23-20-17-14-11-10-12-15-18-21-24-27-30-33-36-48/h3-4,10,12,14,17-18,21,23,26,39,42-48,51-54H,2,5-9,11,13,15-16,19-20,22,24-25,27-38H2,1H3,(H,58,59)(H2,55,56,57)/b4-3-,12-10-,17-14-,21-18-,26-23-/t39-,42?,43?,44?,45?,46-,47+/m1/s1. The minimum Gasteiger partial charge on any atom is -0.462 e. The minimum atomic E-state index is -5.37. The first-order valence-corrected chi connectivity index (χ1v) is 27.0. The van der Waals surface area contributed by atoms with Crippen molar-refractivity contribution in [3.63, 3.8) is 0 Å². The van der Waals surface area contributed by atoms with Crippen molar-refractivity contribution in [3.8, 4) is 0 Å². The molecule has 19 heteroatoms. The Morgan fingerprint density at radius 1 is 0.515 bits per heavy atom. The molecule has 66 heavy (non-hydrogen) atoms. The van der Waals surface area contributed by atoms with Gasteiger partial charge in [0.25, 0.3) is 0 Å². The van der Waals surface area contributed by atoms with Gasteiger partial charge in [0.2, 0.25) is 0 Å². The molecular formula is C47H82O17P2. The molecule has 0 spiro atoms. The molecule has 1 aliphatic rings. The summed E-state index contributed by atoms with van der Waals surface area (Å²) in [4.78, 5) is 54.3. The lowest BCUT2D eigenvalue weighted by atomic mass is 9.85. The first-order chi connectivity index (χ1) is 31.6. The summed E-state index contributed by atoms with van der Waals surface area (Å²) in [6.07, 6.45) is 27.7. The molecular weight excluding hydrogens is 898 g/mol. The van der Waals surface area contributed by atoms with Gasteiger partial charge in [0, 0.05) is 19.4 Å². The van der Waals surface area contributed by atoms with Crippen LogP contribution < -0.4 is 0 Å². The first kappa shape index (κ1) is 61.7. The maximum Gasteiger partial charge on any atom is 0.472 e. The van der Waals surface area contributed by atoms with Crippen LogP contribution in [0.3, 0.4) is 0 Å². The number of aliphatic hydroxyl groups excluding tert-OH is 5. The Kier molecular flexibility index (Phi) is 36.0. The maximum absolute atomic E-state index is 13.0. The van der Waals surface area contributed by atoms with Crippen molar-refractivity contribution in [2.24, 2.45) is 0 Å². The highest BCUT2D eigenvalue weighted by Gasteiger charge is 2.54. The Morgan fingerprint density at radius 3 is 1.47 bits per heavy atom. The summed E-state index contributed by atoms with van der Waals surface area (Å²) in [6, 6.07) is 0. The van der Waals surface area contributed by atoms with E-state index in [1.54, 1.807) is 0 Å². The van der Waals surface area contributed by atoms with E-state index in [1.165, 1.54) is 38.5 Å². The lowest BCUT2D eigenvalue weighted by Gasteiger charge is -2.43. The minimum absolute atomic E-state index is 0.0433. The molecule has 8 N–H and O–H groups in total. The van der Waals surface area contributed by atoms with Gasteiger partial charge in [0.05, 0.1) is 6.61 Å². The molecule has 0 aromatic heterocycles. The van der Waals surface area contributed by atoms with Crippen LogP contribution in [0.2, 0.25) is 0 Å². The highest BCUT2D eigenvalue weighted by atomic mass is 31.2. The Morgan fingerprint density at radius 2 is 0.955 bits per heavy atom. The summed E-state index contributed by atoms with van der Waals surface area (Å²) >= 11 is 0. The Labute approximate surface area is 392 Å². The summed E-state index contributed by atoms with van der Waals surface area (Å²) < 4.78 is 49.3. The first-order valence-electron chi connectivity index (χ1n) is 23.9. The number of carbonyl (C=O) groups excluding carboxylic acids is 2. The van der Waals surface area contributed by atoms with Crippen LogP contribution in [-0.2, 0) is 41.8 Å². The molecule has 0 aliphatic heterocycles. The van der Waals surface area contributed by atoms with Gasteiger partial charge in [-0.3, -0.25) is 23.2 Å². The zero-order valence-electron chi connectivity index (χ0n) is 39.1. The van der Waals surface area contributed by atoms with E-state index in [0.717, 1.165) is 77.0 Å². The summed E-state index contributed by atoms with van der Waals surface area (Å²) in [5.41, 5.74) is 0. The van der Waals surface area contributed by atoms with E-state index < -0.39 is 83.5 Å². The summed E-state index contributed by atoms with van der Waals surface area (Å²) in [5, 5.41) is 50.0. The van der Waals surface area contributed by atoms with Crippen LogP contribution in [0.15, 0.2) is 60.8 Å². The van der Waals surface area contributed by atoms with Crippen molar-refractivity contribution in [3.05, 3.63) is 60.8 Å². The maximum atomic E-state index is 13.0. The monoisotopic (exact) mass is 981 g/mol. The van der Waals surface area contributed by atoms with Gasteiger partial charge >= 0.3 is 27.6 Å². The number of allylic oxidation sites excluding steroid dienone is 10. The molecule has 0 heterocycles. The van der Waals surface area contributed by atoms with Crippen molar-refractivity contribution in [1.29, 1.82) is 0 Å². The van der Waals surface area contributed by atoms with Crippen molar-refractivity contribution in [1.82, 2.24) is 0 Å². The zero-order valence-corrected chi connectivity index (χ0v) is 40.8. The van der Waals surface area contributed by atoms with Crippen molar-refractivity contribution in [2.75, 3.05) is 19.8 Å². The number of esters is 2. The number of phosphoric acid groups is 2. The molecule has 0 aromatic carbocycles. The van der Waals surface area contributed by atoms with Crippen LogP contribution in [0, 0.1) is 0 Å². The SMILES string of the molecule is CC/C=C\CCCCCCCCCCCCCC(=O)OC[C@H](COP(=O)(O)O[C@H]1C(O)C(O)C(O)[C@@H](OP(=O)(O)O)C1O)OC(=O)CCC/C=C\C/C=C\C/C=C\C/C=C\CCCCCO. The van der Waals surface area contributed by atoms with Gasteiger partial charge in [-0.25, -0.2) is 9.13 Å². The second-order valence-corrected chi connectivity index (χ2v) is 19.1. The predicted octanol–water partition coefficient (Wildman–Crippen LogP) is 8.03. The molecule has 0 saturated heterocycles. The van der Waals surface area contributed by atoms with E-state index in [4.69, 9.17) is 23.6 Å². The molecule has 1 rings (SSSR count). The average molecular weight is 981 g/mol. The molecule has 8 atom stereocenters. The fourth-order valence-electron chi connectivity index (χ4n) is 6.94. The summed E-state index contributed by atoms with van der Waals surface area (Å²) in [5.74, 6) is -1.29. The summed E-state index contributed by atoms with van der Waals surface area (Å²) in [7, 11) is -10.7. The number of unbranched alkanes of at least 4 members (excludes halogenated alkanes) is 15. The van der Waals surface area contributed by atoms with Crippen LogP contribution in [0.25, 0.3) is 0 Å². The molecule has 0 amide bonds. The number of hydrogen-bond donors (Lipinski definition) is 8. The second-order valence-electron chi connectivity index (χ2n) is 16.5. The third kappa shape index (κ3) is 32.4. The van der Waals surface area contributed by atoms with Gasteiger partial charge < -0.3 is 49.7 Å². The van der Waals surface area contributed by atoms with Crippen LogP contribution >= 0.6 is 15.6 Å². The van der Waals surface area contributed by atoms with E-state index >= 15 is 0 Å². The van der Waals surface area contributed by atoms with E-state index in [1.807, 2.05) is 18.2 Å². The third-order valence-electron chi connectivity index (χ3n) is 10.6. The topological polar surface area (TPSA) is 276 Å². The van der Waals surface area contributed by atoms with Crippen LogP contribution in [0.5, 0.6) is 0 Å². The smallest absolute Gasteiger partial charge is 0.462 e. The molecule has 0 bridgehead atoms. The molecule has 1 fully saturated rings. The van der Waals surface area contributed by atoms with Gasteiger partial charge in [-0.15, -0.1) is 0 Å². The van der Waals surface area contributed by atoms with Crippen LogP contribution in [-0.4, -0.2) is 115 Å². The van der Waals surface area contributed by atoms with E-state index in [2.05, 4.69) is 54.0 Å². The van der Waals surface area contributed by atoms with Crippen molar-refractivity contribution < 1.29 is 82.0 Å². The highest BCUT2D eigenvalue weighted by Crippen LogP contribution is 2.49. The van der Waals surface area contributed by atoms with Gasteiger partial charge in [-0.05, 0) is 77.0 Å². The number of rotatable bonds is 40. The number of ether oxygens (including phenoxy) is 2. The van der Waals surface area contributed by atoms with Gasteiger partial charge in [-0.1, -0.05) is 132 Å². The fourth-order valence-corrected chi connectivity index (χ4v) is 8.48. The van der Waals surface area contributed by atoms with Crippen molar-refractivity contribution >= 4 is 27.6 Å². The fraction of sp³-hybridized carbons (Fsp3) is 0.745. The lowest BCUT2D eigenvalue weighted by molar-refractivity contribution is -0.216. The quantitative estimate of drug-likeness (QED) is 0.0125. The van der Waals surface area contributed by atoms with Crippen molar-refractivity contribution in [2.45, 2.75) is 204 Å². The number of aliphatic hydroxyl groups is 5. The number of phosphoric ester groups is 2. The predicted molar refractivity (Wildman–Crippen MR) is 252 cm³/mol. The normalized spacial score (nSPS) is 22.0. The number of carbonyl (C=O) groups is 2. The Balaban J connectivity index is 2.62. The molecule has 0 radical (unpaired) electrons. The largest absolute Gasteiger partial charge is 0.472 e. The number of hydrogen-bond acceptors (Lipinski definition) is 14. The van der Waals surface area contributed by atoms with Gasteiger partial charge in [-0.2, -0.15) is 0 Å². The molecule has 382 valence electrons. The zero-order chi connectivity index (χ0) is 48.9. The van der Waals surface area contributed by atoms with E-state index in [0.29, 0.717) is 25.7 Å². The van der Waals surface area contributed by atoms with E-state index in [9.17, 15) is 53.8 Å². The van der Waals surface area contributed by atoms with Crippen LogP contribution in [0.1, 0.15) is 161 Å². The highest BCUT2D eigenvalue weighted by molar-refractivity contribution is 7.47. The molecule has 0 aromatic rings. The molecule has 5 unspecified atom stereocenters. The van der Waals surface area contributed by atoms with Gasteiger partial charge in [0.15, 0.2) is 6.10 Å². The third-order valence-corrected chi connectivity index (χ3v) is 12.1. The molecule has 1 saturated carbocycles. The Hall–Kier alpha value is -2.34. The Bertz CT molecular complexity index is 1510. The lowest BCUT2D eigenvalue weighted by Crippen LogP contribution is -2.64. The summed E-state index contributed by atoms with van der Waals surface area (Å²) in [6.45, 7) is 0.984. The average Bonchev–Trinajstić information content (AvgIpc) is 3.27. The van der Waals surface area contributed by atoms with E-state index in [-0.39, 0.29) is 19.4 Å². The molecule has 1 aliphatic carbocycles. The van der Waals surface area contributed by atoms with Gasteiger partial charge in [0.1, 0.15) is 43.2 Å². The molecule has 17 nitrogen and oxygen atoms in total.